The first-order valence-corrected chi connectivity index (χ1v) is 8.06. The third kappa shape index (κ3) is 4.20. The maximum atomic E-state index is 11.9. The van der Waals surface area contributed by atoms with Crippen LogP contribution in [0.5, 0.6) is 0 Å². The molecule has 126 valence electrons. The Hall–Kier alpha value is -1.14. The molecule has 1 spiro atoms. The predicted octanol–water partition coefficient (Wildman–Crippen LogP) is 0.899. The topological polar surface area (TPSA) is 59.1 Å². The van der Waals surface area contributed by atoms with Gasteiger partial charge in [-0.25, -0.2) is 0 Å². The SMILES string of the molecule is COCC(=O)N1CCC2(CC1)CC(CC(=O)N(C)C)CCO2. The molecule has 2 heterocycles. The number of methoxy groups -OCH3 is 1. The summed E-state index contributed by atoms with van der Waals surface area (Å²) in [5.74, 6) is 0.632. The number of ether oxygens (including phenoxy) is 2. The number of piperidine rings is 1. The van der Waals surface area contributed by atoms with Crippen LogP contribution in [0, 0.1) is 5.92 Å². The molecule has 2 amide bonds. The summed E-state index contributed by atoms with van der Waals surface area (Å²) in [5, 5.41) is 0. The van der Waals surface area contributed by atoms with Crippen LogP contribution < -0.4 is 0 Å². The molecule has 6 nitrogen and oxygen atoms in total. The monoisotopic (exact) mass is 312 g/mol. The lowest BCUT2D eigenvalue weighted by Crippen LogP contribution is -2.51. The van der Waals surface area contributed by atoms with Gasteiger partial charge in [0, 0.05) is 47.3 Å². The zero-order valence-corrected chi connectivity index (χ0v) is 14.0. The van der Waals surface area contributed by atoms with Crippen LogP contribution in [-0.2, 0) is 19.1 Å². The van der Waals surface area contributed by atoms with E-state index in [0.29, 0.717) is 12.3 Å². The minimum atomic E-state index is -0.140. The van der Waals surface area contributed by atoms with Gasteiger partial charge in [0.25, 0.3) is 0 Å². The highest BCUT2D eigenvalue weighted by Gasteiger charge is 2.41. The molecule has 0 bridgehead atoms. The first-order valence-electron chi connectivity index (χ1n) is 8.06. The zero-order chi connectivity index (χ0) is 16.2. The number of hydrogen-bond acceptors (Lipinski definition) is 4. The summed E-state index contributed by atoms with van der Waals surface area (Å²) in [6, 6.07) is 0. The highest BCUT2D eigenvalue weighted by molar-refractivity contribution is 5.77. The van der Waals surface area contributed by atoms with Gasteiger partial charge in [-0.1, -0.05) is 0 Å². The predicted molar refractivity (Wildman–Crippen MR) is 82.4 cm³/mol. The van der Waals surface area contributed by atoms with E-state index in [2.05, 4.69) is 0 Å². The number of carbonyl (C=O) groups is 2. The Kier molecular flexibility index (Phi) is 5.81. The average molecular weight is 312 g/mol. The average Bonchev–Trinajstić information content (AvgIpc) is 2.48. The van der Waals surface area contributed by atoms with Crippen molar-refractivity contribution >= 4 is 11.8 Å². The maximum absolute atomic E-state index is 11.9. The molecule has 0 aliphatic carbocycles. The van der Waals surface area contributed by atoms with E-state index in [0.717, 1.165) is 45.4 Å². The lowest BCUT2D eigenvalue weighted by atomic mass is 9.78. The number of rotatable bonds is 4. The molecule has 1 unspecified atom stereocenters. The van der Waals surface area contributed by atoms with E-state index in [1.165, 1.54) is 0 Å². The molecule has 0 aromatic carbocycles. The lowest BCUT2D eigenvalue weighted by Gasteiger charge is -2.46. The van der Waals surface area contributed by atoms with Crippen molar-refractivity contribution in [2.24, 2.45) is 5.92 Å². The van der Waals surface area contributed by atoms with E-state index < -0.39 is 0 Å². The Morgan fingerprint density at radius 3 is 2.59 bits per heavy atom. The van der Waals surface area contributed by atoms with Crippen molar-refractivity contribution in [1.82, 2.24) is 9.80 Å². The van der Waals surface area contributed by atoms with Gasteiger partial charge >= 0.3 is 0 Å². The smallest absolute Gasteiger partial charge is 0.248 e. The molecular weight excluding hydrogens is 284 g/mol. The van der Waals surface area contributed by atoms with Crippen LogP contribution in [0.1, 0.15) is 32.1 Å². The lowest BCUT2D eigenvalue weighted by molar-refractivity contribution is -0.151. The molecule has 0 aromatic rings. The summed E-state index contributed by atoms with van der Waals surface area (Å²) in [4.78, 5) is 27.3. The number of nitrogens with zero attached hydrogens (tertiary/aromatic N) is 2. The van der Waals surface area contributed by atoms with Gasteiger partial charge in [0.15, 0.2) is 0 Å². The fraction of sp³-hybridized carbons (Fsp3) is 0.875. The van der Waals surface area contributed by atoms with Crippen LogP contribution in [0.2, 0.25) is 0 Å². The molecule has 0 aromatic heterocycles. The molecule has 22 heavy (non-hydrogen) atoms. The molecule has 0 saturated carbocycles. The number of likely N-dealkylation sites (tertiary alicyclic amines) is 1. The summed E-state index contributed by atoms with van der Waals surface area (Å²) < 4.78 is 11.0. The Bertz CT molecular complexity index is 403. The molecule has 0 radical (unpaired) electrons. The van der Waals surface area contributed by atoms with E-state index in [4.69, 9.17) is 9.47 Å². The minimum Gasteiger partial charge on any atom is -0.375 e. The highest BCUT2D eigenvalue weighted by atomic mass is 16.5. The van der Waals surface area contributed by atoms with Gasteiger partial charge in [0.2, 0.25) is 11.8 Å². The van der Waals surface area contributed by atoms with Gasteiger partial charge in [-0.15, -0.1) is 0 Å². The molecule has 2 aliphatic heterocycles. The third-order valence-corrected chi connectivity index (χ3v) is 4.85. The molecule has 2 fully saturated rings. The van der Waals surface area contributed by atoms with Crippen LogP contribution in [0.25, 0.3) is 0 Å². The Morgan fingerprint density at radius 2 is 2.00 bits per heavy atom. The van der Waals surface area contributed by atoms with Crippen molar-refractivity contribution in [3.05, 3.63) is 0 Å². The Balaban J connectivity index is 1.87. The highest BCUT2D eigenvalue weighted by Crippen LogP contribution is 2.38. The quantitative estimate of drug-likeness (QED) is 0.774. The fourth-order valence-corrected chi connectivity index (χ4v) is 3.46. The second kappa shape index (κ2) is 7.42. The van der Waals surface area contributed by atoms with Crippen molar-refractivity contribution in [2.75, 3.05) is 47.5 Å². The Labute approximate surface area is 132 Å². The molecular formula is C16H28N2O4. The molecule has 0 N–H and O–H groups in total. The van der Waals surface area contributed by atoms with E-state index in [9.17, 15) is 9.59 Å². The Morgan fingerprint density at radius 1 is 1.32 bits per heavy atom. The number of carbonyl (C=O) groups excluding carboxylic acids is 2. The minimum absolute atomic E-state index is 0.0486. The molecule has 2 aliphatic rings. The van der Waals surface area contributed by atoms with Gasteiger partial charge in [-0.3, -0.25) is 9.59 Å². The third-order valence-electron chi connectivity index (χ3n) is 4.85. The van der Waals surface area contributed by atoms with Gasteiger partial charge in [0.05, 0.1) is 5.60 Å². The number of hydrogen-bond donors (Lipinski definition) is 0. The first kappa shape index (κ1) is 17.2. The van der Waals surface area contributed by atoms with Crippen molar-refractivity contribution in [3.63, 3.8) is 0 Å². The number of amides is 2. The van der Waals surface area contributed by atoms with Gasteiger partial charge in [-0.2, -0.15) is 0 Å². The summed E-state index contributed by atoms with van der Waals surface area (Å²) in [7, 11) is 5.15. The van der Waals surface area contributed by atoms with Crippen LogP contribution in [-0.4, -0.2) is 74.7 Å². The first-order chi connectivity index (χ1) is 10.5. The van der Waals surface area contributed by atoms with Crippen molar-refractivity contribution < 1.29 is 19.1 Å². The van der Waals surface area contributed by atoms with Crippen molar-refractivity contribution in [1.29, 1.82) is 0 Å². The summed E-state index contributed by atoms with van der Waals surface area (Å²) in [6.45, 7) is 2.30. The van der Waals surface area contributed by atoms with E-state index >= 15 is 0 Å². The van der Waals surface area contributed by atoms with Crippen LogP contribution >= 0.6 is 0 Å². The summed E-state index contributed by atoms with van der Waals surface area (Å²) in [5.41, 5.74) is -0.140. The normalized spacial score (nSPS) is 24.3. The standard InChI is InChI=1S/C16H28N2O4/c1-17(2)14(19)10-13-4-9-22-16(11-13)5-7-18(8-6-16)15(20)12-21-3/h13H,4-12H2,1-3H3. The van der Waals surface area contributed by atoms with Gasteiger partial charge < -0.3 is 19.3 Å². The van der Waals surface area contributed by atoms with Gasteiger partial charge in [0.1, 0.15) is 6.61 Å². The van der Waals surface area contributed by atoms with Crippen LogP contribution in [0.4, 0.5) is 0 Å². The second-order valence-corrected chi connectivity index (χ2v) is 6.70. The van der Waals surface area contributed by atoms with Crippen molar-refractivity contribution in [2.45, 2.75) is 37.7 Å². The zero-order valence-electron chi connectivity index (χ0n) is 14.0. The second-order valence-electron chi connectivity index (χ2n) is 6.70. The van der Waals surface area contributed by atoms with Gasteiger partial charge in [-0.05, 0) is 31.6 Å². The fourth-order valence-electron chi connectivity index (χ4n) is 3.46. The summed E-state index contributed by atoms with van der Waals surface area (Å²) >= 11 is 0. The van der Waals surface area contributed by atoms with Crippen LogP contribution in [0.3, 0.4) is 0 Å². The van der Waals surface area contributed by atoms with E-state index in [-0.39, 0.29) is 24.0 Å². The van der Waals surface area contributed by atoms with E-state index in [1.807, 2.05) is 4.90 Å². The summed E-state index contributed by atoms with van der Waals surface area (Å²) in [6.07, 6.45) is 4.20. The van der Waals surface area contributed by atoms with E-state index in [1.54, 1.807) is 26.1 Å². The molecule has 1 atom stereocenters. The van der Waals surface area contributed by atoms with Crippen LogP contribution in [0.15, 0.2) is 0 Å². The molecule has 2 saturated heterocycles. The molecule has 6 heteroatoms. The maximum Gasteiger partial charge on any atom is 0.248 e. The molecule has 2 rings (SSSR count). The van der Waals surface area contributed by atoms with Crippen molar-refractivity contribution in [3.8, 4) is 0 Å². The largest absolute Gasteiger partial charge is 0.375 e.